The van der Waals surface area contributed by atoms with Gasteiger partial charge in [0.1, 0.15) is 17.4 Å². The highest BCUT2D eigenvalue weighted by atomic mass is 16.5. The Morgan fingerprint density at radius 1 is 1.07 bits per heavy atom. The standard InChI is InChI=1S/C22H19N3O4/c1-11-5-6-13-15(7-11)29-22-19(14(10-23)21(24)25-22)18(13)12-8-16(26-2)20(28-4)17(9-12)27-3/h5-9,18,24H,1-4H3. The Labute approximate surface area is 168 Å². The summed E-state index contributed by atoms with van der Waals surface area (Å²) in [4.78, 5) is 4.18. The molecule has 0 radical (unpaired) electrons. The summed E-state index contributed by atoms with van der Waals surface area (Å²) < 4.78 is 22.4. The number of nitrogens with one attached hydrogen (secondary N) is 1. The highest BCUT2D eigenvalue weighted by Gasteiger charge is 2.40. The lowest BCUT2D eigenvalue weighted by atomic mass is 9.80. The van der Waals surface area contributed by atoms with E-state index >= 15 is 0 Å². The van der Waals surface area contributed by atoms with Crippen LogP contribution in [0.2, 0.25) is 0 Å². The van der Waals surface area contributed by atoms with E-state index in [0.717, 1.165) is 16.7 Å². The molecular formula is C22H19N3O4. The zero-order chi connectivity index (χ0) is 20.7. The Hall–Kier alpha value is -3.79. The summed E-state index contributed by atoms with van der Waals surface area (Å²) in [5, 5.41) is 17.8. The van der Waals surface area contributed by atoms with Gasteiger partial charge in [0.15, 0.2) is 17.3 Å². The minimum Gasteiger partial charge on any atom is -0.493 e. The molecule has 1 N–H and O–H groups in total. The maximum Gasteiger partial charge on any atom is 0.226 e. The van der Waals surface area contributed by atoms with Gasteiger partial charge in [-0.2, -0.15) is 10.3 Å². The molecule has 2 aliphatic rings. The van der Waals surface area contributed by atoms with Crippen molar-refractivity contribution in [3.63, 3.8) is 0 Å². The Morgan fingerprint density at radius 3 is 2.34 bits per heavy atom. The molecular weight excluding hydrogens is 370 g/mol. The quantitative estimate of drug-likeness (QED) is 0.859. The Kier molecular flexibility index (Phi) is 4.47. The number of aliphatic imine (C=N–C) groups is 1. The van der Waals surface area contributed by atoms with Crippen molar-refractivity contribution in [2.75, 3.05) is 21.3 Å². The summed E-state index contributed by atoms with van der Waals surface area (Å²) in [6.45, 7) is 1.97. The number of amidine groups is 1. The smallest absolute Gasteiger partial charge is 0.226 e. The first-order valence-electron chi connectivity index (χ1n) is 8.92. The largest absolute Gasteiger partial charge is 0.493 e. The van der Waals surface area contributed by atoms with Crippen LogP contribution in [0.1, 0.15) is 22.6 Å². The van der Waals surface area contributed by atoms with E-state index in [-0.39, 0.29) is 23.2 Å². The van der Waals surface area contributed by atoms with Gasteiger partial charge in [-0.1, -0.05) is 12.1 Å². The van der Waals surface area contributed by atoms with E-state index in [0.29, 0.717) is 28.6 Å². The second kappa shape index (κ2) is 6.99. The molecule has 2 heterocycles. The molecule has 0 amide bonds. The monoisotopic (exact) mass is 389 g/mol. The summed E-state index contributed by atoms with van der Waals surface area (Å²) >= 11 is 0. The number of ether oxygens (including phenoxy) is 4. The molecule has 0 saturated heterocycles. The van der Waals surface area contributed by atoms with E-state index in [2.05, 4.69) is 11.1 Å². The lowest BCUT2D eigenvalue weighted by molar-refractivity contribution is 0.323. The lowest BCUT2D eigenvalue weighted by Gasteiger charge is -2.29. The van der Waals surface area contributed by atoms with Crippen LogP contribution in [0.25, 0.3) is 0 Å². The van der Waals surface area contributed by atoms with Crippen LogP contribution in [0, 0.1) is 23.7 Å². The number of methoxy groups -OCH3 is 3. The number of nitriles is 1. The topological polar surface area (TPSA) is 96.9 Å². The molecule has 146 valence electrons. The third kappa shape index (κ3) is 2.81. The van der Waals surface area contributed by atoms with Crippen molar-refractivity contribution < 1.29 is 18.9 Å². The van der Waals surface area contributed by atoms with Crippen molar-refractivity contribution in [1.29, 1.82) is 10.7 Å². The molecule has 2 aliphatic heterocycles. The molecule has 2 aromatic rings. The summed E-state index contributed by atoms with van der Waals surface area (Å²) in [6, 6.07) is 11.7. The lowest BCUT2D eigenvalue weighted by Crippen LogP contribution is -2.24. The first-order chi connectivity index (χ1) is 14.0. The van der Waals surface area contributed by atoms with Crippen molar-refractivity contribution in [1.82, 2.24) is 0 Å². The van der Waals surface area contributed by atoms with Crippen LogP contribution < -0.4 is 18.9 Å². The molecule has 0 saturated carbocycles. The van der Waals surface area contributed by atoms with Crippen molar-refractivity contribution in [3.05, 3.63) is 58.2 Å². The zero-order valence-electron chi connectivity index (χ0n) is 16.5. The van der Waals surface area contributed by atoms with Crippen molar-refractivity contribution in [3.8, 4) is 29.1 Å². The Balaban J connectivity index is 2.03. The molecule has 7 heteroatoms. The fourth-order valence-electron chi connectivity index (χ4n) is 3.75. The van der Waals surface area contributed by atoms with Gasteiger partial charge in [-0.25, -0.2) is 0 Å². The fourth-order valence-corrected chi connectivity index (χ4v) is 3.75. The minimum absolute atomic E-state index is 0.0977. The van der Waals surface area contributed by atoms with Gasteiger partial charge in [0.25, 0.3) is 0 Å². The van der Waals surface area contributed by atoms with E-state index in [1.165, 1.54) is 0 Å². The normalized spacial score (nSPS) is 17.0. The SMILES string of the molecule is COc1cc(C2C3=C(C#N)C(=N)N=C3Oc3cc(C)ccc32)cc(OC)c1OC. The Bertz CT molecular complexity index is 1120. The van der Waals surface area contributed by atoms with Gasteiger partial charge in [0, 0.05) is 17.1 Å². The number of hydrogen-bond donors (Lipinski definition) is 1. The second-order valence-corrected chi connectivity index (χ2v) is 6.70. The van der Waals surface area contributed by atoms with Crippen LogP contribution >= 0.6 is 0 Å². The zero-order valence-corrected chi connectivity index (χ0v) is 16.5. The highest BCUT2D eigenvalue weighted by Crippen LogP contribution is 2.49. The van der Waals surface area contributed by atoms with Gasteiger partial charge in [0.05, 0.1) is 21.3 Å². The van der Waals surface area contributed by atoms with E-state index in [4.69, 9.17) is 24.4 Å². The summed E-state index contributed by atoms with van der Waals surface area (Å²) in [7, 11) is 4.66. The number of benzene rings is 2. The molecule has 1 unspecified atom stereocenters. The summed E-state index contributed by atoms with van der Waals surface area (Å²) in [5.74, 6) is 1.96. The minimum atomic E-state index is -0.371. The number of nitrogens with zero attached hydrogens (tertiary/aromatic N) is 2. The van der Waals surface area contributed by atoms with Crippen LogP contribution in [-0.2, 0) is 0 Å². The van der Waals surface area contributed by atoms with E-state index in [1.807, 2.05) is 37.3 Å². The van der Waals surface area contributed by atoms with Gasteiger partial charge in [-0.3, -0.25) is 5.41 Å². The van der Waals surface area contributed by atoms with Crippen molar-refractivity contribution in [2.45, 2.75) is 12.8 Å². The molecule has 0 aliphatic carbocycles. The number of aryl methyl sites for hydroxylation is 1. The summed E-state index contributed by atoms with van der Waals surface area (Å²) in [6.07, 6.45) is 0. The van der Waals surface area contributed by atoms with Gasteiger partial charge in [0.2, 0.25) is 11.6 Å². The average molecular weight is 389 g/mol. The van der Waals surface area contributed by atoms with E-state index in [9.17, 15) is 5.26 Å². The Morgan fingerprint density at radius 2 is 1.76 bits per heavy atom. The van der Waals surface area contributed by atoms with Gasteiger partial charge >= 0.3 is 0 Å². The van der Waals surface area contributed by atoms with Crippen LogP contribution in [0.4, 0.5) is 0 Å². The second-order valence-electron chi connectivity index (χ2n) is 6.70. The highest BCUT2D eigenvalue weighted by molar-refractivity contribution is 6.21. The van der Waals surface area contributed by atoms with Crippen LogP contribution in [-0.4, -0.2) is 33.1 Å². The molecule has 0 bridgehead atoms. The summed E-state index contributed by atoms with van der Waals surface area (Å²) in [5.41, 5.74) is 3.50. The molecule has 2 aromatic carbocycles. The molecule has 0 fully saturated rings. The van der Waals surface area contributed by atoms with Gasteiger partial charge in [-0.05, 0) is 36.2 Å². The van der Waals surface area contributed by atoms with E-state index < -0.39 is 0 Å². The van der Waals surface area contributed by atoms with Crippen LogP contribution in [0.15, 0.2) is 46.5 Å². The predicted octanol–water partition coefficient (Wildman–Crippen LogP) is 3.75. The number of rotatable bonds is 4. The molecule has 0 spiro atoms. The predicted molar refractivity (Wildman–Crippen MR) is 108 cm³/mol. The fraction of sp³-hybridized carbons (Fsp3) is 0.227. The maximum absolute atomic E-state index is 9.67. The number of hydrogen-bond acceptors (Lipinski definition) is 6. The molecule has 4 rings (SSSR count). The maximum atomic E-state index is 9.67. The molecule has 29 heavy (non-hydrogen) atoms. The van der Waals surface area contributed by atoms with Crippen LogP contribution in [0.3, 0.4) is 0 Å². The first kappa shape index (κ1) is 18.6. The third-order valence-corrected chi connectivity index (χ3v) is 5.06. The molecule has 0 aromatic heterocycles. The first-order valence-corrected chi connectivity index (χ1v) is 8.92. The number of fused-ring (bicyclic) bond motifs is 2. The van der Waals surface area contributed by atoms with E-state index in [1.54, 1.807) is 21.3 Å². The van der Waals surface area contributed by atoms with Crippen molar-refractivity contribution >= 4 is 11.7 Å². The molecule has 7 nitrogen and oxygen atoms in total. The van der Waals surface area contributed by atoms with Gasteiger partial charge < -0.3 is 18.9 Å². The third-order valence-electron chi connectivity index (χ3n) is 5.06. The average Bonchev–Trinajstić information content (AvgIpc) is 3.04. The van der Waals surface area contributed by atoms with Gasteiger partial charge in [-0.15, -0.1) is 0 Å². The molecule has 1 atom stereocenters. The van der Waals surface area contributed by atoms with Crippen LogP contribution in [0.5, 0.6) is 23.0 Å². The van der Waals surface area contributed by atoms with Crippen molar-refractivity contribution in [2.24, 2.45) is 4.99 Å².